The van der Waals surface area contributed by atoms with Crippen LogP contribution in [0.2, 0.25) is 0 Å². The number of carbonyl (C=O) groups is 1. The summed E-state index contributed by atoms with van der Waals surface area (Å²) in [6, 6.07) is 5.41. The summed E-state index contributed by atoms with van der Waals surface area (Å²) in [5.41, 5.74) is 7.09. The molecule has 0 spiro atoms. The van der Waals surface area contributed by atoms with Crippen molar-refractivity contribution in [2.45, 2.75) is 38.6 Å². The second-order valence-corrected chi connectivity index (χ2v) is 8.15. The number of aromatic nitrogens is 2. The van der Waals surface area contributed by atoms with Gasteiger partial charge in [-0.15, -0.1) is 11.3 Å². The second-order valence-electron chi connectivity index (χ2n) is 7.07. The average Bonchev–Trinajstić information content (AvgIpc) is 3.10. The zero-order valence-corrected chi connectivity index (χ0v) is 17.3. The maximum absolute atomic E-state index is 13.5. The van der Waals surface area contributed by atoms with Gasteiger partial charge in [0.2, 0.25) is 5.91 Å². The number of nitrogens with two attached hydrogens (primary N) is 1. The predicted molar refractivity (Wildman–Crippen MR) is 113 cm³/mol. The van der Waals surface area contributed by atoms with Gasteiger partial charge in [0.15, 0.2) is 11.5 Å². The highest BCUT2D eigenvalue weighted by atomic mass is 32.1. The molecule has 1 amide bonds. The molecule has 1 aliphatic carbocycles. The molecule has 3 aromatic rings. The van der Waals surface area contributed by atoms with Crippen molar-refractivity contribution in [1.82, 2.24) is 9.55 Å². The van der Waals surface area contributed by atoms with E-state index in [1.54, 1.807) is 42.3 Å². The number of carbonyl (C=O) groups excluding carboxylic acids is 1. The molecule has 4 rings (SSSR count). The Labute approximate surface area is 172 Å². The number of aryl methyl sites for hydroxylation is 2. The van der Waals surface area contributed by atoms with Crippen LogP contribution in [0.15, 0.2) is 23.0 Å². The number of amides is 1. The SMILES string of the molecule is COc1ccc(-c2nc3sc4c(c3c(=O)n2CCC(N)=O)CCCC4)cc1OC. The predicted octanol–water partition coefficient (Wildman–Crippen LogP) is 2.90. The molecule has 7 nitrogen and oxygen atoms in total. The number of rotatable bonds is 6. The maximum atomic E-state index is 13.5. The number of methoxy groups -OCH3 is 2. The normalized spacial score (nSPS) is 13.3. The van der Waals surface area contributed by atoms with Gasteiger partial charge < -0.3 is 15.2 Å². The third-order valence-electron chi connectivity index (χ3n) is 5.30. The summed E-state index contributed by atoms with van der Waals surface area (Å²) in [4.78, 5) is 31.7. The van der Waals surface area contributed by atoms with E-state index in [0.717, 1.165) is 41.6 Å². The van der Waals surface area contributed by atoms with E-state index >= 15 is 0 Å². The van der Waals surface area contributed by atoms with E-state index in [-0.39, 0.29) is 18.5 Å². The first-order valence-electron chi connectivity index (χ1n) is 9.59. The molecule has 0 aliphatic heterocycles. The quantitative estimate of drug-likeness (QED) is 0.670. The first-order chi connectivity index (χ1) is 14.0. The number of hydrogen-bond donors (Lipinski definition) is 1. The Morgan fingerprint density at radius 1 is 1.21 bits per heavy atom. The van der Waals surface area contributed by atoms with Crippen LogP contribution in [0.5, 0.6) is 11.5 Å². The molecular formula is C21H23N3O4S. The Morgan fingerprint density at radius 3 is 2.69 bits per heavy atom. The lowest BCUT2D eigenvalue weighted by atomic mass is 9.97. The highest BCUT2D eigenvalue weighted by Gasteiger charge is 2.23. The lowest BCUT2D eigenvalue weighted by molar-refractivity contribution is -0.118. The van der Waals surface area contributed by atoms with E-state index in [0.29, 0.717) is 22.7 Å². The van der Waals surface area contributed by atoms with Crippen molar-refractivity contribution in [3.63, 3.8) is 0 Å². The monoisotopic (exact) mass is 413 g/mol. The molecule has 0 bridgehead atoms. The molecule has 0 radical (unpaired) electrons. The highest BCUT2D eigenvalue weighted by Crippen LogP contribution is 2.36. The summed E-state index contributed by atoms with van der Waals surface area (Å²) in [6.45, 7) is 0.186. The fourth-order valence-corrected chi connectivity index (χ4v) is 5.12. The first kappa shape index (κ1) is 19.4. The van der Waals surface area contributed by atoms with Gasteiger partial charge in [-0.05, 0) is 49.4 Å². The van der Waals surface area contributed by atoms with Crippen molar-refractivity contribution in [3.8, 4) is 22.9 Å². The largest absolute Gasteiger partial charge is 0.493 e. The Morgan fingerprint density at radius 2 is 1.97 bits per heavy atom. The van der Waals surface area contributed by atoms with E-state index in [1.165, 1.54) is 4.88 Å². The fraction of sp³-hybridized carbons (Fsp3) is 0.381. The molecule has 0 unspecified atom stereocenters. The van der Waals surface area contributed by atoms with Crippen LogP contribution < -0.4 is 20.8 Å². The Bertz CT molecular complexity index is 1150. The van der Waals surface area contributed by atoms with Gasteiger partial charge in [0.25, 0.3) is 5.56 Å². The summed E-state index contributed by atoms with van der Waals surface area (Å²) in [5.74, 6) is 1.19. The number of benzene rings is 1. The second kappa shape index (κ2) is 7.87. The van der Waals surface area contributed by atoms with Crippen LogP contribution >= 0.6 is 11.3 Å². The minimum Gasteiger partial charge on any atom is -0.493 e. The molecule has 29 heavy (non-hydrogen) atoms. The number of hydrogen-bond acceptors (Lipinski definition) is 6. The third-order valence-corrected chi connectivity index (χ3v) is 6.48. The Balaban J connectivity index is 1.95. The van der Waals surface area contributed by atoms with Crippen molar-refractivity contribution >= 4 is 27.5 Å². The summed E-state index contributed by atoms with van der Waals surface area (Å²) in [5, 5.41) is 0.693. The number of fused-ring (bicyclic) bond motifs is 3. The van der Waals surface area contributed by atoms with E-state index in [4.69, 9.17) is 20.2 Å². The summed E-state index contributed by atoms with van der Waals surface area (Å²) >= 11 is 1.60. The van der Waals surface area contributed by atoms with Crippen LogP contribution in [0.4, 0.5) is 0 Å². The third kappa shape index (κ3) is 3.48. The van der Waals surface area contributed by atoms with Gasteiger partial charge in [-0.3, -0.25) is 14.2 Å². The summed E-state index contributed by atoms with van der Waals surface area (Å²) in [7, 11) is 3.13. The molecule has 2 aromatic heterocycles. The first-order valence-corrected chi connectivity index (χ1v) is 10.4. The molecular weight excluding hydrogens is 390 g/mol. The number of nitrogens with zero attached hydrogens (tertiary/aromatic N) is 2. The van der Waals surface area contributed by atoms with Crippen molar-refractivity contribution in [2.24, 2.45) is 5.73 Å². The highest BCUT2D eigenvalue weighted by molar-refractivity contribution is 7.18. The Kier molecular flexibility index (Phi) is 5.27. The van der Waals surface area contributed by atoms with Crippen molar-refractivity contribution in [3.05, 3.63) is 39.0 Å². The van der Waals surface area contributed by atoms with Crippen LogP contribution in [-0.4, -0.2) is 29.7 Å². The molecule has 0 atom stereocenters. The molecule has 2 heterocycles. The minimum absolute atomic E-state index is 0.0692. The smallest absolute Gasteiger partial charge is 0.262 e. The number of ether oxygens (including phenoxy) is 2. The maximum Gasteiger partial charge on any atom is 0.262 e. The molecule has 0 saturated heterocycles. The summed E-state index contributed by atoms with van der Waals surface area (Å²) < 4.78 is 12.3. The van der Waals surface area contributed by atoms with Gasteiger partial charge in [0.05, 0.1) is 19.6 Å². The number of thiophene rings is 1. The van der Waals surface area contributed by atoms with E-state index in [1.807, 2.05) is 6.07 Å². The van der Waals surface area contributed by atoms with Gasteiger partial charge in [-0.2, -0.15) is 0 Å². The van der Waals surface area contributed by atoms with E-state index < -0.39 is 5.91 Å². The number of primary amides is 1. The summed E-state index contributed by atoms with van der Waals surface area (Å²) in [6.07, 6.45) is 4.18. The van der Waals surface area contributed by atoms with Crippen LogP contribution in [0, 0.1) is 0 Å². The molecule has 0 saturated carbocycles. The molecule has 2 N–H and O–H groups in total. The topological polar surface area (TPSA) is 96.4 Å². The van der Waals surface area contributed by atoms with Crippen molar-refractivity contribution in [2.75, 3.05) is 14.2 Å². The average molecular weight is 413 g/mol. The Hall–Kier alpha value is -2.87. The van der Waals surface area contributed by atoms with Crippen molar-refractivity contribution in [1.29, 1.82) is 0 Å². The standard InChI is InChI=1S/C21H23N3O4S/c1-27-14-8-7-12(11-15(14)28-2)19-23-20-18(13-5-3-4-6-16(13)29-20)21(26)24(19)10-9-17(22)25/h7-8,11H,3-6,9-10H2,1-2H3,(H2,22,25). The molecule has 152 valence electrons. The van der Waals surface area contributed by atoms with E-state index in [9.17, 15) is 9.59 Å². The lowest BCUT2D eigenvalue weighted by Gasteiger charge is -2.15. The zero-order chi connectivity index (χ0) is 20.5. The molecule has 8 heteroatoms. The van der Waals surface area contributed by atoms with Crippen LogP contribution in [-0.2, 0) is 24.2 Å². The van der Waals surface area contributed by atoms with Gasteiger partial charge >= 0.3 is 0 Å². The van der Waals surface area contributed by atoms with Gasteiger partial charge in [0, 0.05) is 23.4 Å². The van der Waals surface area contributed by atoms with Crippen LogP contribution in [0.25, 0.3) is 21.6 Å². The molecule has 0 fully saturated rings. The fourth-order valence-electron chi connectivity index (χ4n) is 3.86. The lowest BCUT2D eigenvalue weighted by Crippen LogP contribution is -2.26. The molecule has 1 aliphatic rings. The minimum atomic E-state index is -0.456. The molecule has 1 aromatic carbocycles. The van der Waals surface area contributed by atoms with Gasteiger partial charge in [-0.25, -0.2) is 4.98 Å². The zero-order valence-electron chi connectivity index (χ0n) is 16.5. The van der Waals surface area contributed by atoms with Crippen LogP contribution in [0.1, 0.15) is 29.7 Å². The van der Waals surface area contributed by atoms with Crippen molar-refractivity contribution < 1.29 is 14.3 Å². The van der Waals surface area contributed by atoms with E-state index in [2.05, 4.69) is 0 Å². The van der Waals surface area contributed by atoms with Crippen LogP contribution in [0.3, 0.4) is 0 Å². The van der Waals surface area contributed by atoms with Gasteiger partial charge in [0.1, 0.15) is 10.7 Å². The van der Waals surface area contributed by atoms with Gasteiger partial charge in [-0.1, -0.05) is 0 Å².